The molecule has 2 aliphatic rings. The van der Waals surface area contributed by atoms with E-state index >= 15 is 0 Å². The minimum absolute atomic E-state index is 0.212. The van der Waals surface area contributed by atoms with Gasteiger partial charge in [-0.05, 0) is 36.3 Å². The highest BCUT2D eigenvalue weighted by molar-refractivity contribution is 5.86. The quantitative estimate of drug-likeness (QED) is 0.915. The number of nitrogens with zero attached hydrogens (tertiary/aromatic N) is 4. The number of fused-ring (bicyclic) bond motifs is 1. The molecule has 2 fully saturated rings. The van der Waals surface area contributed by atoms with Crippen molar-refractivity contribution in [3.63, 3.8) is 0 Å². The van der Waals surface area contributed by atoms with Crippen molar-refractivity contribution >= 4 is 11.8 Å². The summed E-state index contributed by atoms with van der Waals surface area (Å²) >= 11 is 0. The molecular formula is C17H20N4O2. The second-order valence-electron chi connectivity index (χ2n) is 6.52. The molecule has 3 heterocycles. The molecule has 1 aliphatic carbocycles. The van der Waals surface area contributed by atoms with Gasteiger partial charge < -0.3 is 10.0 Å². The predicted octanol–water partition coefficient (Wildman–Crippen LogP) is 2.04. The molecule has 120 valence electrons. The van der Waals surface area contributed by atoms with Gasteiger partial charge in [0.2, 0.25) is 0 Å². The smallest absolute Gasteiger partial charge is 0.338 e. The lowest BCUT2D eigenvalue weighted by atomic mass is 10.1. The summed E-state index contributed by atoms with van der Waals surface area (Å²) in [5.74, 6) is 1.90. The van der Waals surface area contributed by atoms with E-state index in [0.29, 0.717) is 6.54 Å². The van der Waals surface area contributed by atoms with Crippen LogP contribution in [0.2, 0.25) is 0 Å². The van der Waals surface area contributed by atoms with Crippen molar-refractivity contribution in [3.8, 4) is 0 Å². The Morgan fingerprint density at radius 3 is 2.78 bits per heavy atom. The van der Waals surface area contributed by atoms with Gasteiger partial charge in [0.1, 0.15) is 5.82 Å². The molecule has 1 aliphatic heterocycles. The molecule has 4 rings (SSSR count). The Labute approximate surface area is 134 Å². The standard InChI is InChI=1S/C17H20N4O2/c1-2-15-11(9-21-10-14(6-18-21)17(22)23)3-4-16(19-15)20-7-12-5-13(12)8-20/h3-4,6,10,12-13H,2,5,7-9H2,1H3,(H,22,23). The molecule has 0 amide bonds. The third-order valence-corrected chi connectivity index (χ3v) is 4.90. The molecule has 23 heavy (non-hydrogen) atoms. The third kappa shape index (κ3) is 2.69. The predicted molar refractivity (Wildman–Crippen MR) is 85.7 cm³/mol. The second-order valence-corrected chi connectivity index (χ2v) is 6.52. The molecule has 0 spiro atoms. The number of aryl methyl sites for hydroxylation is 1. The Kier molecular flexibility index (Phi) is 3.32. The maximum Gasteiger partial charge on any atom is 0.338 e. The van der Waals surface area contributed by atoms with Crippen molar-refractivity contribution in [1.82, 2.24) is 14.8 Å². The number of hydrogen-bond acceptors (Lipinski definition) is 4. The van der Waals surface area contributed by atoms with Gasteiger partial charge in [-0.25, -0.2) is 9.78 Å². The average molecular weight is 312 g/mol. The maximum atomic E-state index is 10.9. The highest BCUT2D eigenvalue weighted by Gasteiger charge is 2.45. The molecule has 0 radical (unpaired) electrons. The van der Waals surface area contributed by atoms with Crippen LogP contribution in [-0.4, -0.2) is 38.9 Å². The molecule has 2 unspecified atom stereocenters. The van der Waals surface area contributed by atoms with Crippen molar-refractivity contribution in [3.05, 3.63) is 41.3 Å². The molecule has 2 aromatic heterocycles. The highest BCUT2D eigenvalue weighted by Crippen LogP contribution is 2.45. The van der Waals surface area contributed by atoms with E-state index in [4.69, 9.17) is 10.1 Å². The summed E-state index contributed by atoms with van der Waals surface area (Å²) < 4.78 is 1.66. The molecule has 6 heteroatoms. The molecule has 1 saturated carbocycles. The first kappa shape index (κ1) is 14.2. The van der Waals surface area contributed by atoms with Crippen LogP contribution in [0, 0.1) is 11.8 Å². The minimum Gasteiger partial charge on any atom is -0.478 e. The number of pyridine rings is 1. The van der Waals surface area contributed by atoms with Crippen molar-refractivity contribution in [2.75, 3.05) is 18.0 Å². The van der Waals surface area contributed by atoms with Crippen LogP contribution in [0.3, 0.4) is 0 Å². The van der Waals surface area contributed by atoms with Crippen molar-refractivity contribution in [2.24, 2.45) is 11.8 Å². The van der Waals surface area contributed by atoms with Crippen LogP contribution >= 0.6 is 0 Å². The minimum atomic E-state index is -0.951. The number of rotatable bonds is 5. The number of anilines is 1. The highest BCUT2D eigenvalue weighted by atomic mass is 16.4. The first-order chi connectivity index (χ1) is 11.1. The molecular weight excluding hydrogens is 292 g/mol. The molecule has 2 atom stereocenters. The number of aromatic nitrogens is 3. The van der Waals surface area contributed by atoms with E-state index in [-0.39, 0.29) is 5.56 Å². The summed E-state index contributed by atoms with van der Waals surface area (Å²) in [6.07, 6.45) is 5.19. The SMILES string of the molecule is CCc1nc(N2CC3CC3C2)ccc1Cn1cc(C(=O)O)cn1. The monoisotopic (exact) mass is 312 g/mol. The number of carboxylic acid groups (broad SMARTS) is 1. The van der Waals surface area contributed by atoms with Crippen LogP contribution in [0.5, 0.6) is 0 Å². The van der Waals surface area contributed by atoms with E-state index in [2.05, 4.69) is 29.1 Å². The van der Waals surface area contributed by atoms with Gasteiger partial charge in [0.05, 0.1) is 18.3 Å². The van der Waals surface area contributed by atoms with Crippen LogP contribution in [0.15, 0.2) is 24.5 Å². The van der Waals surface area contributed by atoms with E-state index in [1.165, 1.54) is 12.6 Å². The summed E-state index contributed by atoms with van der Waals surface area (Å²) in [5, 5.41) is 13.1. The first-order valence-corrected chi connectivity index (χ1v) is 8.13. The van der Waals surface area contributed by atoms with Gasteiger partial charge in [0, 0.05) is 25.0 Å². The van der Waals surface area contributed by atoms with Gasteiger partial charge in [-0.2, -0.15) is 5.10 Å². The van der Waals surface area contributed by atoms with E-state index in [1.807, 2.05) is 0 Å². The number of hydrogen-bond donors (Lipinski definition) is 1. The molecule has 0 bridgehead atoms. The number of piperidine rings is 1. The van der Waals surface area contributed by atoms with E-state index < -0.39 is 5.97 Å². The molecule has 1 saturated heterocycles. The maximum absolute atomic E-state index is 10.9. The number of carboxylic acids is 1. The summed E-state index contributed by atoms with van der Waals surface area (Å²) in [6.45, 7) is 4.93. The normalized spacial score (nSPS) is 22.2. The van der Waals surface area contributed by atoms with E-state index in [9.17, 15) is 4.79 Å². The Hall–Kier alpha value is -2.37. The fourth-order valence-corrected chi connectivity index (χ4v) is 3.47. The zero-order valence-electron chi connectivity index (χ0n) is 13.1. The largest absolute Gasteiger partial charge is 0.478 e. The van der Waals surface area contributed by atoms with E-state index in [1.54, 1.807) is 10.9 Å². The average Bonchev–Trinajstić information content (AvgIpc) is 2.97. The van der Waals surface area contributed by atoms with Crippen LogP contribution < -0.4 is 4.90 Å². The third-order valence-electron chi connectivity index (χ3n) is 4.90. The Morgan fingerprint density at radius 1 is 1.35 bits per heavy atom. The molecule has 2 aromatic rings. The van der Waals surface area contributed by atoms with Crippen molar-refractivity contribution < 1.29 is 9.90 Å². The number of aromatic carboxylic acids is 1. The number of carbonyl (C=O) groups is 1. The summed E-state index contributed by atoms with van der Waals surface area (Å²) in [7, 11) is 0. The van der Waals surface area contributed by atoms with Gasteiger partial charge in [-0.15, -0.1) is 0 Å². The van der Waals surface area contributed by atoms with Gasteiger partial charge in [-0.1, -0.05) is 13.0 Å². The summed E-state index contributed by atoms with van der Waals surface area (Å²) in [4.78, 5) is 18.2. The Balaban J connectivity index is 1.54. The lowest BCUT2D eigenvalue weighted by Crippen LogP contribution is -2.23. The lowest BCUT2D eigenvalue weighted by molar-refractivity contribution is 0.0697. The van der Waals surface area contributed by atoms with E-state index in [0.717, 1.165) is 48.4 Å². The zero-order chi connectivity index (χ0) is 16.0. The lowest BCUT2D eigenvalue weighted by Gasteiger charge is -2.20. The van der Waals surface area contributed by atoms with Crippen LogP contribution in [0.1, 0.15) is 35.0 Å². The topological polar surface area (TPSA) is 71.2 Å². The fourth-order valence-electron chi connectivity index (χ4n) is 3.47. The second kappa shape index (κ2) is 5.37. The van der Waals surface area contributed by atoms with Crippen molar-refractivity contribution in [2.45, 2.75) is 26.3 Å². The molecule has 6 nitrogen and oxygen atoms in total. The van der Waals surface area contributed by atoms with Gasteiger partial charge in [-0.3, -0.25) is 4.68 Å². The van der Waals surface area contributed by atoms with Crippen LogP contribution in [-0.2, 0) is 13.0 Å². The van der Waals surface area contributed by atoms with Crippen molar-refractivity contribution in [1.29, 1.82) is 0 Å². The first-order valence-electron chi connectivity index (χ1n) is 8.13. The molecule has 1 N–H and O–H groups in total. The Bertz CT molecular complexity index is 745. The van der Waals surface area contributed by atoms with Gasteiger partial charge in [0.15, 0.2) is 0 Å². The van der Waals surface area contributed by atoms with Gasteiger partial charge in [0.25, 0.3) is 0 Å². The summed E-state index contributed by atoms with van der Waals surface area (Å²) in [5.41, 5.74) is 2.38. The fraction of sp³-hybridized carbons (Fsp3) is 0.471. The van der Waals surface area contributed by atoms with Gasteiger partial charge >= 0.3 is 5.97 Å². The van der Waals surface area contributed by atoms with Crippen LogP contribution in [0.25, 0.3) is 0 Å². The molecule has 0 aromatic carbocycles. The van der Waals surface area contributed by atoms with Crippen LogP contribution in [0.4, 0.5) is 5.82 Å². The Morgan fingerprint density at radius 2 is 2.13 bits per heavy atom. The zero-order valence-corrected chi connectivity index (χ0v) is 13.1. The summed E-state index contributed by atoms with van der Waals surface area (Å²) in [6, 6.07) is 4.19.